The molecule has 0 unspecified atom stereocenters. The fraction of sp³-hybridized carbons (Fsp3) is 0.545. The molecule has 2 heterocycles. The molecule has 2 aromatic rings. The number of halogens is 1. The molecule has 1 aliphatic heterocycles. The minimum Gasteiger partial charge on any atom is -0.441 e. The Morgan fingerprint density at radius 3 is 3.10 bits per heavy atom. The van der Waals surface area contributed by atoms with E-state index in [1.54, 1.807) is 0 Å². The summed E-state index contributed by atoms with van der Waals surface area (Å²) in [6.45, 7) is 8.38. The quantitative estimate of drug-likeness (QED) is 0.621. The van der Waals surface area contributed by atoms with Gasteiger partial charge in [0.05, 0.1) is 11.6 Å². The lowest BCUT2D eigenvalue weighted by molar-refractivity contribution is -0.126. The number of nitrogens with one attached hydrogen (secondary N) is 1. The number of oxazole rings is 1. The lowest BCUT2D eigenvalue weighted by Gasteiger charge is -2.31. The van der Waals surface area contributed by atoms with Crippen LogP contribution in [0.4, 0.5) is 0 Å². The van der Waals surface area contributed by atoms with E-state index in [2.05, 4.69) is 15.2 Å². The van der Waals surface area contributed by atoms with Crippen LogP contribution in [0, 0.1) is 12.8 Å². The van der Waals surface area contributed by atoms with Crippen LogP contribution in [-0.2, 0) is 16.1 Å². The first-order chi connectivity index (χ1) is 14.1. The lowest BCUT2D eigenvalue weighted by Crippen LogP contribution is -2.43. The molecule has 1 amide bonds. The van der Waals surface area contributed by atoms with Crippen molar-refractivity contribution in [3.63, 3.8) is 0 Å². The number of hydrogen-bond acceptors (Lipinski definition) is 5. The molecule has 29 heavy (non-hydrogen) atoms. The molecule has 0 aliphatic carbocycles. The molecule has 0 bridgehead atoms. The Labute approximate surface area is 177 Å². The molecule has 3 rings (SSSR count). The third-order valence-corrected chi connectivity index (χ3v) is 5.42. The van der Waals surface area contributed by atoms with Crippen molar-refractivity contribution in [2.75, 3.05) is 32.8 Å². The van der Waals surface area contributed by atoms with E-state index in [0.29, 0.717) is 37.2 Å². The third-order valence-electron chi connectivity index (χ3n) is 5.18. The van der Waals surface area contributed by atoms with Crippen molar-refractivity contribution in [3.8, 4) is 11.5 Å². The van der Waals surface area contributed by atoms with E-state index in [0.717, 1.165) is 49.4 Å². The molecule has 158 valence electrons. The fourth-order valence-electron chi connectivity index (χ4n) is 3.62. The summed E-state index contributed by atoms with van der Waals surface area (Å²) in [6.07, 6.45) is 2.79. The Hall–Kier alpha value is -1.89. The number of amides is 1. The van der Waals surface area contributed by atoms with Crippen LogP contribution in [-0.4, -0.2) is 48.6 Å². The van der Waals surface area contributed by atoms with Crippen molar-refractivity contribution in [1.82, 2.24) is 15.2 Å². The molecule has 1 aliphatic rings. The van der Waals surface area contributed by atoms with Crippen LogP contribution in [0.15, 0.2) is 28.7 Å². The fourth-order valence-corrected chi connectivity index (χ4v) is 3.81. The van der Waals surface area contributed by atoms with E-state index in [4.69, 9.17) is 20.8 Å². The minimum absolute atomic E-state index is 0.0236. The molecule has 1 fully saturated rings. The van der Waals surface area contributed by atoms with Gasteiger partial charge in [-0.15, -0.1) is 0 Å². The van der Waals surface area contributed by atoms with Crippen molar-refractivity contribution in [1.29, 1.82) is 0 Å². The highest BCUT2D eigenvalue weighted by Gasteiger charge is 2.26. The van der Waals surface area contributed by atoms with Crippen molar-refractivity contribution in [2.24, 2.45) is 5.92 Å². The summed E-state index contributed by atoms with van der Waals surface area (Å²) in [4.78, 5) is 19.5. The van der Waals surface area contributed by atoms with Gasteiger partial charge in [0.25, 0.3) is 0 Å². The topological polar surface area (TPSA) is 67.6 Å². The summed E-state index contributed by atoms with van der Waals surface area (Å²) in [5, 5.41) is 3.70. The van der Waals surface area contributed by atoms with Crippen LogP contribution in [0.1, 0.15) is 37.6 Å². The van der Waals surface area contributed by atoms with Gasteiger partial charge >= 0.3 is 0 Å². The first-order valence-corrected chi connectivity index (χ1v) is 10.7. The Morgan fingerprint density at radius 2 is 2.31 bits per heavy atom. The molecule has 0 radical (unpaired) electrons. The number of ether oxygens (including phenoxy) is 1. The molecule has 1 aromatic carbocycles. The maximum atomic E-state index is 12.5. The molecular formula is C22H30ClN3O3. The maximum absolute atomic E-state index is 12.5. The summed E-state index contributed by atoms with van der Waals surface area (Å²) < 4.78 is 11.2. The molecule has 0 saturated carbocycles. The van der Waals surface area contributed by atoms with E-state index in [1.807, 2.05) is 38.1 Å². The molecule has 6 nitrogen and oxygen atoms in total. The number of aryl methyl sites for hydroxylation is 1. The van der Waals surface area contributed by atoms with Gasteiger partial charge in [-0.3, -0.25) is 9.69 Å². The van der Waals surface area contributed by atoms with Gasteiger partial charge in [-0.1, -0.05) is 17.7 Å². The smallest absolute Gasteiger partial charge is 0.226 e. The van der Waals surface area contributed by atoms with Crippen LogP contribution in [0.3, 0.4) is 0 Å². The molecule has 1 N–H and O–H groups in total. The predicted molar refractivity (Wildman–Crippen MR) is 114 cm³/mol. The normalized spacial score (nSPS) is 17.4. The van der Waals surface area contributed by atoms with Crippen LogP contribution in [0.5, 0.6) is 0 Å². The number of hydrogen-bond donors (Lipinski definition) is 1. The molecule has 1 aromatic heterocycles. The van der Waals surface area contributed by atoms with Crippen LogP contribution in [0.2, 0.25) is 5.02 Å². The number of piperidine rings is 1. The van der Waals surface area contributed by atoms with Gasteiger partial charge in [0, 0.05) is 43.4 Å². The second kappa shape index (κ2) is 10.8. The Morgan fingerprint density at radius 1 is 1.45 bits per heavy atom. The number of benzene rings is 1. The van der Waals surface area contributed by atoms with Crippen molar-refractivity contribution < 1.29 is 13.9 Å². The van der Waals surface area contributed by atoms with Crippen molar-refractivity contribution >= 4 is 17.5 Å². The number of rotatable bonds is 9. The van der Waals surface area contributed by atoms with Crippen LogP contribution < -0.4 is 5.32 Å². The summed E-state index contributed by atoms with van der Waals surface area (Å²) in [6, 6.07) is 7.51. The van der Waals surface area contributed by atoms with Gasteiger partial charge in [-0.25, -0.2) is 4.98 Å². The van der Waals surface area contributed by atoms with E-state index < -0.39 is 0 Å². The lowest BCUT2D eigenvalue weighted by atomic mass is 9.97. The van der Waals surface area contributed by atoms with Gasteiger partial charge in [0.2, 0.25) is 11.8 Å². The molecule has 0 spiro atoms. The zero-order valence-corrected chi connectivity index (χ0v) is 18.0. The van der Waals surface area contributed by atoms with Crippen molar-refractivity contribution in [3.05, 3.63) is 40.7 Å². The highest BCUT2D eigenvalue weighted by Crippen LogP contribution is 2.26. The molecular weight excluding hydrogens is 390 g/mol. The van der Waals surface area contributed by atoms with Gasteiger partial charge in [-0.2, -0.15) is 0 Å². The first-order valence-electron chi connectivity index (χ1n) is 10.4. The second-order valence-corrected chi connectivity index (χ2v) is 7.88. The Balaban J connectivity index is 1.54. The van der Waals surface area contributed by atoms with Gasteiger partial charge in [-0.05, 0) is 57.9 Å². The largest absolute Gasteiger partial charge is 0.441 e. The van der Waals surface area contributed by atoms with Gasteiger partial charge < -0.3 is 14.5 Å². The predicted octanol–water partition coefficient (Wildman–Crippen LogP) is 4.06. The van der Waals surface area contributed by atoms with Gasteiger partial charge in [0.15, 0.2) is 0 Å². The average molecular weight is 420 g/mol. The molecule has 7 heteroatoms. The van der Waals surface area contributed by atoms with Crippen LogP contribution in [0.25, 0.3) is 11.5 Å². The first kappa shape index (κ1) is 21.8. The summed E-state index contributed by atoms with van der Waals surface area (Å²) >= 11 is 6.08. The van der Waals surface area contributed by atoms with E-state index >= 15 is 0 Å². The zero-order chi connectivity index (χ0) is 20.6. The maximum Gasteiger partial charge on any atom is 0.226 e. The monoisotopic (exact) mass is 419 g/mol. The second-order valence-electron chi connectivity index (χ2n) is 7.45. The molecule has 1 atom stereocenters. The van der Waals surface area contributed by atoms with Gasteiger partial charge in [0.1, 0.15) is 5.76 Å². The van der Waals surface area contributed by atoms with E-state index in [9.17, 15) is 4.79 Å². The molecule has 1 saturated heterocycles. The number of aromatic nitrogens is 1. The Bertz CT molecular complexity index is 808. The number of carbonyl (C=O) groups excluding carboxylic acids is 1. The highest BCUT2D eigenvalue weighted by molar-refractivity contribution is 6.30. The standard InChI is InChI=1S/C22H30ClN3O3/c1-3-28-12-6-10-24-21(27)18-8-5-11-26(14-18)15-20-16(2)29-22(25-20)17-7-4-9-19(23)13-17/h4,7,9,13,18H,3,5-6,8,10-12,14-15H2,1-2H3,(H,24,27)/t18-/m1/s1. The Kier molecular flexibility index (Phi) is 8.09. The summed E-state index contributed by atoms with van der Waals surface area (Å²) in [5.74, 6) is 1.56. The van der Waals surface area contributed by atoms with E-state index in [1.165, 1.54) is 0 Å². The van der Waals surface area contributed by atoms with Crippen molar-refractivity contribution in [2.45, 2.75) is 39.7 Å². The number of likely N-dealkylation sites (tertiary alicyclic amines) is 1. The number of nitrogens with zero attached hydrogens (tertiary/aromatic N) is 2. The average Bonchev–Trinajstić information content (AvgIpc) is 3.08. The highest BCUT2D eigenvalue weighted by atomic mass is 35.5. The zero-order valence-electron chi connectivity index (χ0n) is 17.2. The van der Waals surface area contributed by atoms with E-state index in [-0.39, 0.29) is 11.8 Å². The van der Waals surface area contributed by atoms with Crippen LogP contribution >= 0.6 is 11.6 Å². The third kappa shape index (κ3) is 6.29. The summed E-state index contributed by atoms with van der Waals surface area (Å²) in [5.41, 5.74) is 1.78. The SMILES string of the molecule is CCOCCCNC(=O)[C@@H]1CCCN(Cc2nc(-c3cccc(Cl)c3)oc2C)C1. The number of carbonyl (C=O) groups is 1. The summed E-state index contributed by atoms with van der Waals surface area (Å²) in [7, 11) is 0. The minimum atomic E-state index is 0.0236.